The maximum Gasteiger partial charge on any atom is 0.251 e. The molecule has 0 saturated carbocycles. The van der Waals surface area contributed by atoms with Crippen LogP contribution in [0.5, 0.6) is 0 Å². The fourth-order valence-corrected chi connectivity index (χ4v) is 4.81. The summed E-state index contributed by atoms with van der Waals surface area (Å²) in [5.74, 6) is -0.648. The molecule has 2 unspecified atom stereocenters. The van der Waals surface area contributed by atoms with Gasteiger partial charge >= 0.3 is 0 Å². The largest absolute Gasteiger partial charge is 0.479 e. The number of hydrogen-bond acceptors (Lipinski definition) is 7. The smallest absolute Gasteiger partial charge is 0.251 e. The molecule has 2 amide bonds. The van der Waals surface area contributed by atoms with Gasteiger partial charge in [-0.15, -0.1) is 12.6 Å². The van der Waals surface area contributed by atoms with Crippen LogP contribution in [0, 0.1) is 0 Å². The maximum atomic E-state index is 12.5. The summed E-state index contributed by atoms with van der Waals surface area (Å²) < 4.78 is 5.62. The number of nitrogens with one attached hydrogen (secondary N) is 2. The Balaban J connectivity index is 0.000000254. The van der Waals surface area contributed by atoms with E-state index in [0.29, 0.717) is 16.7 Å². The van der Waals surface area contributed by atoms with Crippen molar-refractivity contribution in [2.45, 2.75) is 50.7 Å². The van der Waals surface area contributed by atoms with E-state index in [4.69, 9.17) is 17.0 Å². The molecule has 0 aliphatic carbocycles. The van der Waals surface area contributed by atoms with Crippen molar-refractivity contribution in [3.05, 3.63) is 144 Å². The Morgan fingerprint density at radius 3 is 1.28 bits per heavy atom. The highest BCUT2D eigenvalue weighted by molar-refractivity contribution is 7.96. The Morgan fingerprint density at radius 1 is 0.630 bits per heavy atom. The average Bonchev–Trinajstić information content (AvgIpc) is 3.06. The minimum atomic E-state index is -1.41. The van der Waals surface area contributed by atoms with Crippen molar-refractivity contribution >= 4 is 46.8 Å². The SMILES string of the molecule is CC(C)(C)OC(=S)[C@@H](O)[C@H](NC(=O)c1ccccc1)c1ccccc1.O=C(NC(c1ccccc1)C(O)C(=O)S)c1ccccc1. The van der Waals surface area contributed by atoms with E-state index in [2.05, 4.69) is 23.3 Å². The van der Waals surface area contributed by atoms with E-state index in [9.17, 15) is 24.6 Å². The van der Waals surface area contributed by atoms with Gasteiger partial charge in [0.25, 0.3) is 11.8 Å². The molecule has 0 saturated heterocycles. The van der Waals surface area contributed by atoms with Gasteiger partial charge in [0.1, 0.15) is 17.8 Å². The van der Waals surface area contributed by atoms with Crippen LogP contribution in [-0.4, -0.2) is 50.0 Å². The quantitative estimate of drug-likeness (QED) is 0.110. The summed E-state index contributed by atoms with van der Waals surface area (Å²) in [6.45, 7) is 5.56. The van der Waals surface area contributed by atoms with E-state index in [1.54, 1.807) is 78.9 Å². The number of rotatable bonds is 10. The Hall–Kier alpha value is -4.35. The zero-order valence-corrected chi connectivity index (χ0v) is 27.5. The summed E-state index contributed by atoms with van der Waals surface area (Å²) >= 11 is 8.90. The minimum absolute atomic E-state index is 0.0507. The Kier molecular flexibility index (Phi) is 13.6. The van der Waals surface area contributed by atoms with E-state index < -0.39 is 35.0 Å². The van der Waals surface area contributed by atoms with E-state index in [0.717, 1.165) is 5.56 Å². The van der Waals surface area contributed by atoms with Crippen molar-refractivity contribution in [1.29, 1.82) is 0 Å². The number of ether oxygens (including phenoxy) is 1. The zero-order valence-electron chi connectivity index (χ0n) is 25.7. The van der Waals surface area contributed by atoms with Crippen LogP contribution in [0.25, 0.3) is 0 Å². The van der Waals surface area contributed by atoms with Gasteiger partial charge in [-0.25, -0.2) is 0 Å². The number of amides is 2. The average molecular weight is 659 g/mol. The number of aliphatic hydroxyl groups excluding tert-OH is 2. The molecule has 4 aromatic carbocycles. The highest BCUT2D eigenvalue weighted by Crippen LogP contribution is 2.22. The van der Waals surface area contributed by atoms with Gasteiger partial charge in [-0.3, -0.25) is 14.4 Å². The minimum Gasteiger partial charge on any atom is -0.479 e. The fourth-order valence-electron chi connectivity index (χ4n) is 4.28. The number of benzene rings is 4. The lowest BCUT2D eigenvalue weighted by Gasteiger charge is -2.29. The van der Waals surface area contributed by atoms with Crippen molar-refractivity contribution < 1.29 is 29.3 Å². The van der Waals surface area contributed by atoms with E-state index in [-0.39, 0.29) is 16.9 Å². The molecule has 4 aromatic rings. The van der Waals surface area contributed by atoms with E-state index in [1.165, 1.54) is 0 Å². The first-order valence-corrected chi connectivity index (χ1v) is 15.4. The summed E-state index contributed by atoms with van der Waals surface area (Å²) in [6, 6.07) is 33.9. The molecule has 0 radical (unpaired) electrons. The van der Waals surface area contributed by atoms with Crippen molar-refractivity contribution in [2.75, 3.05) is 0 Å². The third-order valence-corrected chi connectivity index (χ3v) is 7.08. The van der Waals surface area contributed by atoms with Gasteiger partial charge in [0.2, 0.25) is 5.12 Å². The van der Waals surface area contributed by atoms with Crippen LogP contribution >= 0.6 is 24.8 Å². The Morgan fingerprint density at radius 2 is 0.957 bits per heavy atom. The number of thiol groups is 1. The molecule has 46 heavy (non-hydrogen) atoms. The first kappa shape index (κ1) is 36.1. The van der Waals surface area contributed by atoms with E-state index >= 15 is 0 Å². The number of hydrogen-bond donors (Lipinski definition) is 5. The summed E-state index contributed by atoms with van der Waals surface area (Å²) in [5, 5.41) is 25.6. The maximum absolute atomic E-state index is 12.5. The van der Waals surface area contributed by atoms with Crippen LogP contribution in [0.3, 0.4) is 0 Å². The molecule has 0 aromatic heterocycles. The van der Waals surface area contributed by atoms with Crippen LogP contribution in [0.4, 0.5) is 0 Å². The van der Waals surface area contributed by atoms with Crippen LogP contribution in [0.1, 0.15) is 64.7 Å². The standard InChI is InChI=1S/C20H23NO3S.C16H15NO3S/c1-20(2,3)24-19(25)17(22)16(14-10-6-4-7-11-14)21-18(23)15-12-8-5-9-13-15;18-14(16(20)21)13(11-7-3-1-4-8-11)17-15(19)12-9-5-2-6-10-12/h4-13,16-17,22H,1-3H3,(H,21,23);1-10,13-14,18H,(H,17,19)(H,20,21)/t16-,17+;/m1./s1. The van der Waals surface area contributed by atoms with Gasteiger partial charge in [0.15, 0.2) is 5.05 Å². The molecule has 8 nitrogen and oxygen atoms in total. The van der Waals surface area contributed by atoms with Crippen molar-refractivity contribution in [2.24, 2.45) is 0 Å². The number of thiocarbonyl (C=S) groups is 1. The molecule has 0 heterocycles. The summed E-state index contributed by atoms with van der Waals surface area (Å²) in [6.07, 6.45) is -2.56. The van der Waals surface area contributed by atoms with Gasteiger partial charge in [-0.05, 0) is 68.4 Å². The molecule has 4 rings (SSSR count). The summed E-state index contributed by atoms with van der Waals surface area (Å²) in [7, 11) is 0. The van der Waals surface area contributed by atoms with Gasteiger partial charge in [0, 0.05) is 11.1 Å². The highest BCUT2D eigenvalue weighted by Gasteiger charge is 2.30. The molecule has 0 aliphatic rings. The van der Waals surface area contributed by atoms with Crippen LogP contribution in [0.2, 0.25) is 0 Å². The molecule has 0 bridgehead atoms. The van der Waals surface area contributed by atoms with Crippen LogP contribution < -0.4 is 10.6 Å². The molecule has 0 spiro atoms. The Labute approximate surface area is 280 Å². The summed E-state index contributed by atoms with van der Waals surface area (Å²) in [5.41, 5.74) is 1.83. The van der Waals surface area contributed by atoms with Crippen molar-refractivity contribution in [3.8, 4) is 0 Å². The number of aliphatic hydroxyl groups is 2. The van der Waals surface area contributed by atoms with Crippen LogP contribution in [0.15, 0.2) is 121 Å². The van der Waals surface area contributed by atoms with E-state index in [1.807, 2.05) is 63.2 Å². The molecule has 240 valence electrons. The normalized spacial score (nSPS) is 13.4. The molecular formula is C36H38N2O6S2. The third-order valence-electron chi connectivity index (χ3n) is 6.50. The molecule has 0 fully saturated rings. The second kappa shape index (κ2) is 17.4. The monoisotopic (exact) mass is 658 g/mol. The lowest BCUT2D eigenvalue weighted by molar-refractivity contribution is -0.119. The van der Waals surface area contributed by atoms with Gasteiger partial charge < -0.3 is 25.6 Å². The number of carbonyl (C=O) groups excluding carboxylic acids is 3. The van der Waals surface area contributed by atoms with Crippen molar-refractivity contribution in [1.82, 2.24) is 10.6 Å². The summed E-state index contributed by atoms with van der Waals surface area (Å²) in [4.78, 5) is 36.1. The first-order chi connectivity index (χ1) is 21.9. The van der Waals surface area contributed by atoms with Gasteiger partial charge in [-0.1, -0.05) is 97.1 Å². The predicted octanol–water partition coefficient (Wildman–Crippen LogP) is 5.64. The fraction of sp³-hybridized carbons (Fsp3) is 0.222. The van der Waals surface area contributed by atoms with Crippen LogP contribution in [-0.2, 0) is 9.53 Å². The molecule has 0 aliphatic heterocycles. The first-order valence-electron chi connectivity index (χ1n) is 14.5. The number of carbonyl (C=O) groups is 3. The molecule has 4 N–H and O–H groups in total. The third kappa shape index (κ3) is 11.2. The predicted molar refractivity (Wildman–Crippen MR) is 186 cm³/mol. The lowest BCUT2D eigenvalue weighted by atomic mass is 10.0. The lowest BCUT2D eigenvalue weighted by Crippen LogP contribution is -2.42. The zero-order chi connectivity index (χ0) is 33.7. The second-order valence-corrected chi connectivity index (χ2v) is 12.1. The second-order valence-electron chi connectivity index (χ2n) is 11.2. The van der Waals surface area contributed by atoms with Gasteiger partial charge in [0.05, 0.1) is 12.1 Å². The topological polar surface area (TPSA) is 125 Å². The molecule has 10 heteroatoms. The van der Waals surface area contributed by atoms with Crippen molar-refractivity contribution in [3.63, 3.8) is 0 Å². The van der Waals surface area contributed by atoms with Gasteiger partial charge in [-0.2, -0.15) is 0 Å². The highest BCUT2D eigenvalue weighted by atomic mass is 32.1. The Bertz CT molecular complexity index is 1570. The molecule has 4 atom stereocenters. The molecular weight excluding hydrogens is 621 g/mol.